The summed E-state index contributed by atoms with van der Waals surface area (Å²) in [5.74, 6) is -0.252. The molecule has 4 rings (SSSR count). The quantitative estimate of drug-likeness (QED) is 0.572. The zero-order valence-electron chi connectivity index (χ0n) is 17.0. The minimum atomic E-state index is -4.63. The minimum Gasteiger partial charge on any atom is -0.479 e. The maximum absolute atomic E-state index is 12.9. The number of hydrogen-bond donors (Lipinski definition) is 0. The van der Waals surface area contributed by atoms with Crippen molar-refractivity contribution in [3.8, 4) is 16.9 Å². The van der Waals surface area contributed by atoms with Gasteiger partial charge in [0.25, 0.3) is 0 Å². The Bertz CT molecular complexity index is 1320. The van der Waals surface area contributed by atoms with Crippen LogP contribution in [0.3, 0.4) is 0 Å². The van der Waals surface area contributed by atoms with E-state index in [1.807, 2.05) is 24.3 Å². The molecule has 32 heavy (non-hydrogen) atoms. The van der Waals surface area contributed by atoms with Crippen LogP contribution in [0.5, 0.6) is 5.75 Å². The first-order chi connectivity index (χ1) is 15.0. The van der Waals surface area contributed by atoms with Crippen LogP contribution in [0.25, 0.3) is 11.1 Å². The van der Waals surface area contributed by atoms with Gasteiger partial charge in [-0.3, -0.25) is 4.79 Å². The van der Waals surface area contributed by atoms with Gasteiger partial charge in [0.1, 0.15) is 12.6 Å². The van der Waals surface area contributed by atoms with Crippen LogP contribution in [0, 0.1) is 0 Å². The number of aromatic nitrogens is 2. The molecule has 0 bridgehead atoms. The van der Waals surface area contributed by atoms with E-state index in [1.165, 1.54) is 24.3 Å². The van der Waals surface area contributed by atoms with E-state index in [2.05, 4.69) is 5.10 Å². The number of rotatable bonds is 5. The average molecular weight is 464 g/mol. The highest BCUT2D eigenvalue weighted by molar-refractivity contribution is 7.90. The highest BCUT2D eigenvalue weighted by Crippen LogP contribution is 2.37. The second-order valence-electron chi connectivity index (χ2n) is 7.61. The zero-order chi connectivity index (χ0) is 23.1. The number of nitrogens with zero attached hydrogens (tertiary/aromatic N) is 2. The Hall–Kier alpha value is -3.14. The maximum atomic E-state index is 12.9. The van der Waals surface area contributed by atoms with Gasteiger partial charge >= 0.3 is 11.7 Å². The Labute approximate surface area is 182 Å². The van der Waals surface area contributed by atoms with Crippen molar-refractivity contribution < 1.29 is 26.3 Å². The summed E-state index contributed by atoms with van der Waals surface area (Å²) >= 11 is 0. The topological polar surface area (TPSA) is 78.3 Å². The van der Waals surface area contributed by atoms with Crippen LogP contribution in [-0.2, 0) is 22.8 Å². The molecule has 6 nitrogen and oxygen atoms in total. The van der Waals surface area contributed by atoms with Gasteiger partial charge in [-0.1, -0.05) is 36.4 Å². The van der Waals surface area contributed by atoms with Gasteiger partial charge in [0.2, 0.25) is 0 Å². The lowest BCUT2D eigenvalue weighted by atomic mass is 10.1. The van der Waals surface area contributed by atoms with E-state index >= 15 is 0 Å². The molecule has 2 aromatic carbocycles. The molecule has 10 heteroatoms. The highest BCUT2D eigenvalue weighted by Gasteiger charge is 2.31. The molecule has 168 valence electrons. The minimum absolute atomic E-state index is 0.0758. The van der Waals surface area contributed by atoms with E-state index in [0.29, 0.717) is 16.7 Å². The van der Waals surface area contributed by atoms with Crippen LogP contribution < -0.4 is 10.3 Å². The van der Waals surface area contributed by atoms with E-state index in [9.17, 15) is 26.4 Å². The number of alkyl halides is 3. The molecule has 0 saturated heterocycles. The Balaban J connectivity index is 1.80. The predicted octanol–water partition coefficient (Wildman–Crippen LogP) is 3.94. The van der Waals surface area contributed by atoms with Gasteiger partial charge < -0.3 is 4.74 Å². The lowest BCUT2D eigenvalue weighted by Gasteiger charge is -2.19. The fourth-order valence-electron chi connectivity index (χ4n) is 3.74. The molecular weight excluding hydrogens is 445 g/mol. The molecule has 0 amide bonds. The predicted molar refractivity (Wildman–Crippen MR) is 111 cm³/mol. The van der Waals surface area contributed by atoms with Crippen molar-refractivity contribution >= 4 is 9.84 Å². The number of sulfone groups is 1. The van der Waals surface area contributed by atoms with Crippen LogP contribution in [0.15, 0.2) is 64.4 Å². The molecule has 1 aliphatic rings. The molecule has 0 spiro atoms. The molecule has 0 radical (unpaired) electrons. The van der Waals surface area contributed by atoms with Crippen molar-refractivity contribution in [1.29, 1.82) is 0 Å². The van der Waals surface area contributed by atoms with Crippen molar-refractivity contribution in [2.45, 2.75) is 36.6 Å². The third-order valence-corrected chi connectivity index (χ3v) is 6.39. The Morgan fingerprint density at radius 1 is 1.12 bits per heavy atom. The SMILES string of the molecule is CS(=O)(=O)c1ccc(-c2cnn(CC(F)(F)F)c(=O)c2OC2CCc3ccccc32)cc1. The first-order valence-electron chi connectivity index (χ1n) is 9.75. The first kappa shape index (κ1) is 22.1. The van der Waals surface area contributed by atoms with Gasteiger partial charge in [-0.25, -0.2) is 13.1 Å². The summed E-state index contributed by atoms with van der Waals surface area (Å²) < 4.78 is 68.6. The molecule has 0 fully saturated rings. The van der Waals surface area contributed by atoms with Crippen LogP contribution in [0.1, 0.15) is 23.7 Å². The first-order valence-corrected chi connectivity index (χ1v) is 11.6. The summed E-state index contributed by atoms with van der Waals surface area (Å²) in [7, 11) is -3.44. The van der Waals surface area contributed by atoms with Gasteiger partial charge in [-0.05, 0) is 41.7 Å². The molecule has 1 atom stereocenters. The van der Waals surface area contributed by atoms with E-state index in [4.69, 9.17) is 4.74 Å². The Morgan fingerprint density at radius 3 is 2.47 bits per heavy atom. The standard InChI is InChI=1S/C22H19F3N2O4S/c1-32(29,30)16-9-6-15(7-10-16)18-12-26-27(13-22(23,24)25)21(28)20(18)31-19-11-8-14-4-2-3-5-17(14)19/h2-7,9-10,12,19H,8,11,13H2,1H3. The Morgan fingerprint density at radius 2 is 1.81 bits per heavy atom. The van der Waals surface area contributed by atoms with Crippen molar-refractivity contribution in [2.75, 3.05) is 6.26 Å². The molecule has 1 unspecified atom stereocenters. The molecule has 0 saturated carbocycles. The van der Waals surface area contributed by atoms with Gasteiger partial charge in [-0.2, -0.15) is 18.3 Å². The summed E-state index contributed by atoms with van der Waals surface area (Å²) in [5.41, 5.74) is 1.53. The lowest BCUT2D eigenvalue weighted by molar-refractivity contribution is -0.143. The molecule has 1 heterocycles. The summed E-state index contributed by atoms with van der Waals surface area (Å²) in [6.07, 6.45) is -1.62. The number of halogens is 3. The molecule has 1 aliphatic carbocycles. The van der Waals surface area contributed by atoms with Crippen molar-refractivity contribution in [1.82, 2.24) is 9.78 Å². The third kappa shape index (κ3) is 4.55. The largest absolute Gasteiger partial charge is 0.479 e. The molecule has 0 aliphatic heterocycles. The van der Waals surface area contributed by atoms with Crippen LogP contribution in [-0.4, -0.2) is 30.6 Å². The van der Waals surface area contributed by atoms with E-state index in [-0.39, 0.29) is 16.2 Å². The summed E-state index contributed by atoms with van der Waals surface area (Å²) in [6.45, 7) is -1.54. The van der Waals surface area contributed by atoms with E-state index in [0.717, 1.165) is 30.0 Å². The maximum Gasteiger partial charge on any atom is 0.408 e. The highest BCUT2D eigenvalue weighted by atomic mass is 32.2. The molecular formula is C22H19F3N2O4S. The molecule has 1 aromatic heterocycles. The van der Waals surface area contributed by atoms with E-state index < -0.39 is 34.2 Å². The van der Waals surface area contributed by atoms with E-state index in [1.54, 1.807) is 0 Å². The number of benzene rings is 2. The smallest absolute Gasteiger partial charge is 0.408 e. The van der Waals surface area contributed by atoms with Gasteiger partial charge in [-0.15, -0.1) is 0 Å². The summed E-state index contributed by atoms with van der Waals surface area (Å²) in [4.78, 5) is 13.0. The second-order valence-corrected chi connectivity index (χ2v) is 9.62. The fourth-order valence-corrected chi connectivity index (χ4v) is 4.37. The van der Waals surface area contributed by atoms with Gasteiger partial charge in [0.05, 0.1) is 11.1 Å². The van der Waals surface area contributed by atoms with Crippen molar-refractivity contribution in [3.05, 3.63) is 76.2 Å². The normalized spacial score (nSPS) is 16.1. The monoisotopic (exact) mass is 464 g/mol. The van der Waals surface area contributed by atoms with Gasteiger partial charge in [0.15, 0.2) is 15.6 Å². The number of aryl methyl sites for hydroxylation is 1. The fraction of sp³-hybridized carbons (Fsp3) is 0.273. The van der Waals surface area contributed by atoms with Crippen LogP contribution >= 0.6 is 0 Å². The third-order valence-electron chi connectivity index (χ3n) is 5.26. The number of hydrogen-bond acceptors (Lipinski definition) is 5. The van der Waals surface area contributed by atoms with Crippen molar-refractivity contribution in [3.63, 3.8) is 0 Å². The summed E-state index contributed by atoms with van der Waals surface area (Å²) in [6, 6.07) is 13.2. The number of fused-ring (bicyclic) bond motifs is 1. The average Bonchev–Trinajstić information content (AvgIpc) is 3.13. The summed E-state index contributed by atoms with van der Waals surface area (Å²) in [5, 5.41) is 3.68. The second kappa shape index (κ2) is 8.09. The van der Waals surface area contributed by atoms with Crippen molar-refractivity contribution in [2.24, 2.45) is 0 Å². The molecule has 3 aromatic rings. The van der Waals surface area contributed by atoms with Gasteiger partial charge in [0, 0.05) is 11.8 Å². The molecule has 0 N–H and O–H groups in total. The number of ether oxygens (including phenoxy) is 1. The zero-order valence-corrected chi connectivity index (χ0v) is 17.8. The Kier molecular flexibility index (Phi) is 5.58. The van der Waals surface area contributed by atoms with Crippen LogP contribution in [0.2, 0.25) is 0 Å². The lowest BCUT2D eigenvalue weighted by Crippen LogP contribution is -2.31. The van der Waals surface area contributed by atoms with Crippen LogP contribution in [0.4, 0.5) is 13.2 Å².